The highest BCUT2D eigenvalue weighted by atomic mass is 19.2. The summed E-state index contributed by atoms with van der Waals surface area (Å²) in [5.41, 5.74) is 1.34. The zero-order valence-corrected chi connectivity index (χ0v) is 14.0. The minimum Gasteiger partial charge on any atom is -0.354 e. The highest BCUT2D eigenvalue weighted by Crippen LogP contribution is 2.15. The monoisotopic (exact) mass is 354 g/mol. The molecule has 3 aromatic rings. The van der Waals surface area contributed by atoms with Crippen LogP contribution in [-0.4, -0.2) is 23.2 Å². The average Bonchev–Trinajstić information content (AvgIpc) is 2.65. The molecule has 0 saturated carbocycles. The molecular weight excluding hydrogens is 338 g/mol. The molecule has 1 amide bonds. The van der Waals surface area contributed by atoms with E-state index >= 15 is 0 Å². The minimum atomic E-state index is -1.04. The van der Waals surface area contributed by atoms with Gasteiger partial charge in [-0.1, -0.05) is 30.3 Å². The number of nitrogens with one attached hydrogen (secondary N) is 1. The maximum atomic E-state index is 13.2. The Hall–Kier alpha value is -3.35. The molecule has 0 fully saturated rings. The van der Waals surface area contributed by atoms with Crippen molar-refractivity contribution in [3.8, 4) is 0 Å². The second-order valence-corrected chi connectivity index (χ2v) is 5.70. The van der Waals surface area contributed by atoms with Crippen molar-refractivity contribution >= 4 is 17.4 Å². The van der Waals surface area contributed by atoms with Crippen molar-refractivity contribution in [1.82, 2.24) is 10.2 Å². The van der Waals surface area contributed by atoms with Gasteiger partial charge in [0.25, 0.3) is 5.91 Å². The molecule has 1 heterocycles. The van der Waals surface area contributed by atoms with E-state index in [0.29, 0.717) is 12.4 Å². The van der Waals surface area contributed by atoms with E-state index in [2.05, 4.69) is 15.5 Å². The number of amides is 1. The molecule has 0 aliphatic heterocycles. The lowest BCUT2D eigenvalue weighted by atomic mass is 10.2. The highest BCUT2D eigenvalue weighted by molar-refractivity contribution is 6.02. The third kappa shape index (κ3) is 4.18. The van der Waals surface area contributed by atoms with Crippen LogP contribution in [0.2, 0.25) is 0 Å². The van der Waals surface area contributed by atoms with Crippen LogP contribution in [0.5, 0.6) is 0 Å². The number of benzene rings is 2. The predicted octanol–water partition coefficient (Wildman–Crippen LogP) is 3.64. The number of nitrogens with zero attached hydrogens (tertiary/aromatic N) is 3. The summed E-state index contributed by atoms with van der Waals surface area (Å²) < 4.78 is 26.1. The lowest BCUT2D eigenvalue weighted by Gasteiger charge is -2.17. The third-order valence-corrected chi connectivity index (χ3v) is 3.71. The summed E-state index contributed by atoms with van der Waals surface area (Å²) in [5, 5.41) is 10.4. The number of hydrogen-bond acceptors (Lipinski definition) is 4. The largest absolute Gasteiger partial charge is 0.354 e. The molecule has 7 heteroatoms. The zero-order chi connectivity index (χ0) is 18.5. The van der Waals surface area contributed by atoms with Crippen LogP contribution in [0, 0.1) is 11.6 Å². The number of carbonyl (C=O) groups is 1. The molecule has 5 nitrogen and oxygen atoms in total. The van der Waals surface area contributed by atoms with Gasteiger partial charge in [0, 0.05) is 25.3 Å². The Labute approximate surface area is 149 Å². The normalized spacial score (nSPS) is 10.4. The summed E-state index contributed by atoms with van der Waals surface area (Å²) in [4.78, 5) is 14.0. The van der Waals surface area contributed by atoms with E-state index in [-0.39, 0.29) is 11.4 Å². The van der Waals surface area contributed by atoms with Crippen LogP contribution in [0.15, 0.2) is 60.7 Å². The lowest BCUT2D eigenvalue weighted by molar-refractivity contribution is 0.102. The molecule has 1 N–H and O–H groups in total. The summed E-state index contributed by atoms with van der Waals surface area (Å²) >= 11 is 0. The van der Waals surface area contributed by atoms with E-state index in [9.17, 15) is 13.6 Å². The van der Waals surface area contributed by atoms with Crippen molar-refractivity contribution in [2.75, 3.05) is 17.3 Å². The van der Waals surface area contributed by atoms with Gasteiger partial charge in [-0.15, -0.1) is 10.2 Å². The summed E-state index contributed by atoms with van der Waals surface area (Å²) in [5.74, 6) is -1.96. The number of hydrogen-bond donors (Lipinski definition) is 1. The second-order valence-electron chi connectivity index (χ2n) is 5.70. The Morgan fingerprint density at radius 1 is 1.00 bits per heavy atom. The fraction of sp³-hybridized carbons (Fsp3) is 0.105. The minimum absolute atomic E-state index is 0.0756. The molecular formula is C19H16F2N4O. The van der Waals surface area contributed by atoms with Crippen molar-refractivity contribution in [2.45, 2.75) is 6.54 Å². The van der Waals surface area contributed by atoms with Gasteiger partial charge in [-0.25, -0.2) is 8.78 Å². The van der Waals surface area contributed by atoms with Gasteiger partial charge in [0.2, 0.25) is 0 Å². The van der Waals surface area contributed by atoms with Gasteiger partial charge >= 0.3 is 0 Å². The smallest absolute Gasteiger partial charge is 0.276 e. The first-order valence-corrected chi connectivity index (χ1v) is 7.88. The van der Waals surface area contributed by atoms with Crippen LogP contribution < -0.4 is 10.2 Å². The zero-order valence-electron chi connectivity index (χ0n) is 14.0. The maximum Gasteiger partial charge on any atom is 0.276 e. The van der Waals surface area contributed by atoms with E-state index < -0.39 is 17.5 Å². The summed E-state index contributed by atoms with van der Waals surface area (Å²) in [6, 6.07) is 16.2. The number of aromatic nitrogens is 2. The SMILES string of the molecule is CN(Cc1ccccc1)c1ccc(C(=O)Nc2ccc(F)c(F)c2)nn1. The van der Waals surface area contributed by atoms with Gasteiger partial charge in [0.15, 0.2) is 23.1 Å². The maximum absolute atomic E-state index is 13.2. The first-order valence-electron chi connectivity index (χ1n) is 7.88. The quantitative estimate of drug-likeness (QED) is 0.760. The van der Waals surface area contributed by atoms with Gasteiger partial charge in [-0.3, -0.25) is 4.79 Å². The van der Waals surface area contributed by atoms with E-state index in [1.54, 1.807) is 6.07 Å². The van der Waals surface area contributed by atoms with Crippen LogP contribution in [0.3, 0.4) is 0 Å². The van der Waals surface area contributed by atoms with Gasteiger partial charge in [-0.2, -0.15) is 0 Å². The van der Waals surface area contributed by atoms with Crippen LogP contribution in [-0.2, 0) is 6.54 Å². The highest BCUT2D eigenvalue weighted by Gasteiger charge is 2.12. The third-order valence-electron chi connectivity index (χ3n) is 3.71. The van der Waals surface area contributed by atoms with Crippen molar-refractivity contribution in [1.29, 1.82) is 0 Å². The molecule has 0 unspecified atom stereocenters. The molecule has 0 aliphatic carbocycles. The van der Waals surface area contributed by atoms with Gasteiger partial charge in [0.1, 0.15) is 0 Å². The van der Waals surface area contributed by atoms with Gasteiger partial charge in [-0.05, 0) is 29.8 Å². The molecule has 0 spiro atoms. The van der Waals surface area contributed by atoms with E-state index in [4.69, 9.17) is 0 Å². The molecule has 0 saturated heterocycles. The van der Waals surface area contributed by atoms with Crippen molar-refractivity contribution in [3.63, 3.8) is 0 Å². The molecule has 1 aromatic heterocycles. The molecule has 0 atom stereocenters. The Kier molecular flexibility index (Phi) is 5.17. The standard InChI is InChI=1S/C19H16F2N4O/c1-25(12-13-5-3-2-4-6-13)18-10-9-17(23-24-18)19(26)22-14-7-8-15(20)16(21)11-14/h2-11H,12H2,1H3,(H,22,26). The van der Waals surface area contributed by atoms with Crippen molar-refractivity contribution < 1.29 is 13.6 Å². The first kappa shape index (κ1) is 17.5. The fourth-order valence-corrected chi connectivity index (χ4v) is 2.36. The second kappa shape index (κ2) is 7.69. The van der Waals surface area contributed by atoms with E-state index in [1.807, 2.05) is 42.3 Å². The first-order chi connectivity index (χ1) is 12.5. The van der Waals surface area contributed by atoms with Crippen molar-refractivity contribution in [3.05, 3.63) is 83.6 Å². The van der Waals surface area contributed by atoms with E-state index in [1.165, 1.54) is 12.1 Å². The van der Waals surface area contributed by atoms with Gasteiger partial charge < -0.3 is 10.2 Å². The Bertz CT molecular complexity index is 901. The number of rotatable bonds is 5. The average molecular weight is 354 g/mol. The summed E-state index contributed by atoms with van der Waals surface area (Å²) in [6.07, 6.45) is 0. The van der Waals surface area contributed by atoms with E-state index in [0.717, 1.165) is 17.7 Å². The summed E-state index contributed by atoms with van der Waals surface area (Å²) in [6.45, 7) is 0.649. The Balaban J connectivity index is 1.66. The van der Waals surface area contributed by atoms with Crippen molar-refractivity contribution in [2.24, 2.45) is 0 Å². The molecule has 3 rings (SSSR count). The molecule has 132 valence electrons. The molecule has 2 aromatic carbocycles. The molecule has 0 aliphatic rings. The molecule has 0 radical (unpaired) electrons. The Morgan fingerprint density at radius 2 is 1.77 bits per heavy atom. The number of carbonyl (C=O) groups excluding carboxylic acids is 1. The number of anilines is 2. The fourth-order valence-electron chi connectivity index (χ4n) is 2.36. The number of halogens is 2. The van der Waals surface area contributed by atoms with Crippen LogP contribution in [0.4, 0.5) is 20.3 Å². The Morgan fingerprint density at radius 3 is 2.42 bits per heavy atom. The summed E-state index contributed by atoms with van der Waals surface area (Å²) in [7, 11) is 1.87. The molecule has 26 heavy (non-hydrogen) atoms. The van der Waals surface area contributed by atoms with Crippen LogP contribution in [0.1, 0.15) is 16.1 Å². The lowest BCUT2D eigenvalue weighted by Crippen LogP contribution is -2.20. The van der Waals surface area contributed by atoms with Crippen LogP contribution in [0.25, 0.3) is 0 Å². The predicted molar refractivity (Wildman–Crippen MR) is 94.9 cm³/mol. The van der Waals surface area contributed by atoms with Crippen LogP contribution >= 0.6 is 0 Å². The van der Waals surface area contributed by atoms with Gasteiger partial charge in [0.05, 0.1) is 0 Å². The molecule has 0 bridgehead atoms. The topological polar surface area (TPSA) is 58.1 Å².